The largest absolute Gasteiger partial charge is 0.450 e. The zero-order valence-corrected chi connectivity index (χ0v) is 10.0. The van der Waals surface area contributed by atoms with Crippen LogP contribution in [-0.2, 0) is 0 Å². The SMILES string of the molecule is CC(=O)c1oc2c(C)cc(Br)cc2c1N. The monoisotopic (exact) mass is 267 g/mol. The molecule has 78 valence electrons. The van der Waals surface area contributed by atoms with Gasteiger partial charge in [-0.05, 0) is 24.6 Å². The number of nitrogens with two attached hydrogens (primary N) is 1. The fourth-order valence-electron chi connectivity index (χ4n) is 1.61. The van der Waals surface area contributed by atoms with Gasteiger partial charge in [0.25, 0.3) is 0 Å². The van der Waals surface area contributed by atoms with Crippen LogP contribution < -0.4 is 5.73 Å². The number of rotatable bonds is 1. The number of Topliss-reactive ketones (excluding diaryl/α,β-unsaturated/α-hetero) is 1. The Balaban J connectivity index is 2.88. The van der Waals surface area contributed by atoms with Crippen LogP contribution in [0, 0.1) is 6.92 Å². The van der Waals surface area contributed by atoms with Crippen molar-refractivity contribution >= 4 is 38.4 Å². The average molecular weight is 268 g/mol. The molecule has 0 spiro atoms. The number of carbonyl (C=O) groups is 1. The first-order valence-electron chi connectivity index (χ1n) is 4.49. The molecule has 0 aliphatic rings. The summed E-state index contributed by atoms with van der Waals surface area (Å²) >= 11 is 3.38. The number of halogens is 1. The van der Waals surface area contributed by atoms with Gasteiger partial charge in [0.1, 0.15) is 5.58 Å². The van der Waals surface area contributed by atoms with E-state index in [1.807, 2.05) is 19.1 Å². The van der Waals surface area contributed by atoms with E-state index in [0.29, 0.717) is 11.3 Å². The number of hydrogen-bond donors (Lipinski definition) is 1. The minimum absolute atomic E-state index is 0.153. The summed E-state index contributed by atoms with van der Waals surface area (Å²) in [7, 11) is 0. The quantitative estimate of drug-likeness (QED) is 0.807. The van der Waals surface area contributed by atoms with Crippen LogP contribution in [0.5, 0.6) is 0 Å². The average Bonchev–Trinajstić information content (AvgIpc) is 2.44. The Bertz CT molecular complexity index is 557. The van der Waals surface area contributed by atoms with Gasteiger partial charge in [-0.25, -0.2) is 0 Å². The number of furan rings is 1. The molecule has 1 aromatic carbocycles. The lowest BCUT2D eigenvalue weighted by molar-refractivity contribution is 0.0990. The van der Waals surface area contributed by atoms with Crippen LogP contribution in [-0.4, -0.2) is 5.78 Å². The molecule has 0 saturated heterocycles. The number of anilines is 1. The van der Waals surface area contributed by atoms with E-state index >= 15 is 0 Å². The van der Waals surface area contributed by atoms with Crippen molar-refractivity contribution in [2.24, 2.45) is 0 Å². The summed E-state index contributed by atoms with van der Waals surface area (Å²) in [6.45, 7) is 3.36. The summed E-state index contributed by atoms with van der Waals surface area (Å²) in [6, 6.07) is 3.78. The van der Waals surface area contributed by atoms with Gasteiger partial charge in [-0.1, -0.05) is 15.9 Å². The first-order chi connectivity index (χ1) is 7.00. The van der Waals surface area contributed by atoms with Crippen LogP contribution in [0.4, 0.5) is 5.69 Å². The summed E-state index contributed by atoms with van der Waals surface area (Å²) in [5.41, 5.74) is 7.90. The highest BCUT2D eigenvalue weighted by Crippen LogP contribution is 2.33. The van der Waals surface area contributed by atoms with Gasteiger partial charge < -0.3 is 10.2 Å². The summed E-state index contributed by atoms with van der Waals surface area (Å²) in [5.74, 6) is 0.0884. The Morgan fingerprint density at radius 1 is 1.47 bits per heavy atom. The number of benzene rings is 1. The molecule has 0 amide bonds. The van der Waals surface area contributed by atoms with Crippen molar-refractivity contribution in [1.82, 2.24) is 0 Å². The fraction of sp³-hybridized carbons (Fsp3) is 0.182. The van der Waals surface area contributed by atoms with Crippen LogP contribution in [0.1, 0.15) is 23.0 Å². The maximum Gasteiger partial charge on any atom is 0.197 e. The molecule has 2 rings (SSSR count). The minimum atomic E-state index is -0.153. The molecular formula is C11H10BrNO2. The molecule has 2 aromatic rings. The molecule has 0 aliphatic carbocycles. The Morgan fingerprint density at radius 2 is 2.13 bits per heavy atom. The van der Waals surface area contributed by atoms with E-state index in [2.05, 4.69) is 15.9 Å². The van der Waals surface area contributed by atoms with Gasteiger partial charge in [0.15, 0.2) is 11.5 Å². The minimum Gasteiger partial charge on any atom is -0.450 e. The predicted molar refractivity (Wildman–Crippen MR) is 63.1 cm³/mol. The van der Waals surface area contributed by atoms with Crippen molar-refractivity contribution in [3.05, 3.63) is 27.9 Å². The second kappa shape index (κ2) is 3.38. The number of fused-ring (bicyclic) bond motifs is 1. The predicted octanol–water partition coefficient (Wildman–Crippen LogP) is 3.29. The molecule has 0 saturated carbocycles. The molecule has 0 aliphatic heterocycles. The Morgan fingerprint density at radius 3 is 2.73 bits per heavy atom. The number of hydrogen-bond acceptors (Lipinski definition) is 3. The number of carbonyl (C=O) groups excluding carboxylic acids is 1. The molecule has 0 fully saturated rings. The van der Waals surface area contributed by atoms with Crippen molar-refractivity contribution in [1.29, 1.82) is 0 Å². The Labute approximate surface area is 95.4 Å². The molecule has 15 heavy (non-hydrogen) atoms. The van der Waals surface area contributed by atoms with Gasteiger partial charge in [-0.15, -0.1) is 0 Å². The lowest BCUT2D eigenvalue weighted by Gasteiger charge is -1.95. The molecule has 0 radical (unpaired) electrons. The van der Waals surface area contributed by atoms with Gasteiger partial charge in [0.2, 0.25) is 0 Å². The number of nitrogen functional groups attached to an aromatic ring is 1. The maximum atomic E-state index is 11.2. The van der Waals surface area contributed by atoms with Crippen LogP contribution in [0.25, 0.3) is 11.0 Å². The van der Waals surface area contributed by atoms with Gasteiger partial charge in [-0.3, -0.25) is 4.79 Å². The highest BCUT2D eigenvalue weighted by atomic mass is 79.9. The van der Waals surface area contributed by atoms with E-state index in [0.717, 1.165) is 15.4 Å². The molecule has 0 bridgehead atoms. The van der Waals surface area contributed by atoms with Crippen LogP contribution in [0.3, 0.4) is 0 Å². The summed E-state index contributed by atoms with van der Waals surface area (Å²) < 4.78 is 6.38. The van der Waals surface area contributed by atoms with Gasteiger partial charge in [0.05, 0.1) is 5.69 Å². The Hall–Kier alpha value is -1.29. The van der Waals surface area contributed by atoms with E-state index in [4.69, 9.17) is 10.2 Å². The van der Waals surface area contributed by atoms with Crippen LogP contribution >= 0.6 is 15.9 Å². The fourth-order valence-corrected chi connectivity index (χ4v) is 2.18. The molecular weight excluding hydrogens is 258 g/mol. The van der Waals surface area contributed by atoms with Gasteiger partial charge >= 0.3 is 0 Å². The lowest BCUT2D eigenvalue weighted by atomic mass is 10.1. The molecule has 1 aromatic heterocycles. The molecule has 4 heteroatoms. The lowest BCUT2D eigenvalue weighted by Crippen LogP contribution is -1.94. The summed E-state index contributed by atoms with van der Waals surface area (Å²) in [5, 5.41) is 0.784. The highest BCUT2D eigenvalue weighted by Gasteiger charge is 2.16. The van der Waals surface area contributed by atoms with Crippen molar-refractivity contribution in [3.63, 3.8) is 0 Å². The summed E-state index contributed by atoms with van der Waals surface area (Å²) in [4.78, 5) is 11.2. The van der Waals surface area contributed by atoms with E-state index in [-0.39, 0.29) is 11.5 Å². The van der Waals surface area contributed by atoms with Crippen LogP contribution in [0.2, 0.25) is 0 Å². The second-order valence-electron chi connectivity index (χ2n) is 3.50. The molecule has 1 heterocycles. The van der Waals surface area contributed by atoms with Crippen molar-refractivity contribution in [3.8, 4) is 0 Å². The molecule has 0 atom stereocenters. The third kappa shape index (κ3) is 1.55. The second-order valence-corrected chi connectivity index (χ2v) is 4.42. The van der Waals surface area contributed by atoms with Gasteiger partial charge in [0, 0.05) is 16.8 Å². The maximum absolute atomic E-state index is 11.2. The zero-order chi connectivity index (χ0) is 11.2. The van der Waals surface area contributed by atoms with E-state index in [1.165, 1.54) is 6.92 Å². The van der Waals surface area contributed by atoms with Crippen molar-refractivity contribution in [2.45, 2.75) is 13.8 Å². The molecule has 0 unspecified atom stereocenters. The van der Waals surface area contributed by atoms with E-state index in [1.54, 1.807) is 0 Å². The van der Waals surface area contributed by atoms with Crippen LogP contribution in [0.15, 0.2) is 21.0 Å². The Kier molecular flexibility index (Phi) is 2.31. The molecule has 3 nitrogen and oxygen atoms in total. The number of aryl methyl sites for hydroxylation is 1. The summed E-state index contributed by atoms with van der Waals surface area (Å²) in [6.07, 6.45) is 0. The first-order valence-corrected chi connectivity index (χ1v) is 5.29. The van der Waals surface area contributed by atoms with E-state index < -0.39 is 0 Å². The third-order valence-electron chi connectivity index (χ3n) is 2.30. The molecule has 2 N–H and O–H groups in total. The van der Waals surface area contributed by atoms with Gasteiger partial charge in [-0.2, -0.15) is 0 Å². The standard InChI is InChI=1S/C11H10BrNO2/c1-5-3-7(12)4-8-9(13)11(6(2)14)15-10(5)8/h3-4H,13H2,1-2H3. The number of ketones is 1. The topological polar surface area (TPSA) is 56.2 Å². The van der Waals surface area contributed by atoms with Crippen molar-refractivity contribution < 1.29 is 9.21 Å². The smallest absolute Gasteiger partial charge is 0.197 e. The van der Waals surface area contributed by atoms with E-state index in [9.17, 15) is 4.79 Å². The third-order valence-corrected chi connectivity index (χ3v) is 2.76. The first kappa shape index (κ1) is 10.2. The van der Waals surface area contributed by atoms with Crippen molar-refractivity contribution in [2.75, 3.05) is 5.73 Å². The highest BCUT2D eigenvalue weighted by molar-refractivity contribution is 9.10. The normalized spacial score (nSPS) is 10.9. The zero-order valence-electron chi connectivity index (χ0n) is 8.43.